The fraction of sp³-hybridized carbons (Fsp3) is 0.600. The molecule has 2 nitrogen and oxygen atoms in total. The third-order valence-electron chi connectivity index (χ3n) is 0.703. The number of hydrogen-bond donors (Lipinski definition) is 2. The lowest BCUT2D eigenvalue weighted by atomic mass is 10.2. The van der Waals surface area contributed by atoms with Crippen LogP contribution in [0.5, 0.6) is 0 Å². The van der Waals surface area contributed by atoms with Crippen molar-refractivity contribution in [2.24, 2.45) is 5.92 Å². The van der Waals surface area contributed by atoms with Gasteiger partial charge in [-0.2, -0.15) is 0 Å². The molecule has 7 heavy (non-hydrogen) atoms. The number of rotatable bonds is 2. The standard InChI is InChI=1S/C5H10O2/c1-5(4-7)2-3-6/h2-3,5-7H,4H2,1H3/b3-2+. The van der Waals surface area contributed by atoms with E-state index in [1.54, 1.807) is 0 Å². The Balaban J connectivity index is 3.16. The van der Waals surface area contributed by atoms with E-state index in [1.165, 1.54) is 6.08 Å². The minimum atomic E-state index is 0.0741. The van der Waals surface area contributed by atoms with Crippen LogP contribution in [0.4, 0.5) is 0 Å². The third-order valence-corrected chi connectivity index (χ3v) is 0.703. The molecule has 2 N–H and O–H groups in total. The van der Waals surface area contributed by atoms with E-state index in [-0.39, 0.29) is 12.5 Å². The molecule has 0 bridgehead atoms. The van der Waals surface area contributed by atoms with Crippen molar-refractivity contribution in [3.63, 3.8) is 0 Å². The lowest BCUT2D eigenvalue weighted by Crippen LogP contribution is -1.94. The third kappa shape index (κ3) is 3.33. The predicted octanol–water partition coefficient (Wildman–Crippen LogP) is 0.686. The maximum Gasteiger partial charge on any atom is 0.0755 e. The number of aliphatic hydroxyl groups is 2. The van der Waals surface area contributed by atoms with Crippen molar-refractivity contribution < 1.29 is 10.2 Å². The first-order chi connectivity index (χ1) is 3.31. The highest BCUT2D eigenvalue weighted by molar-refractivity contribution is 4.77. The van der Waals surface area contributed by atoms with Gasteiger partial charge >= 0.3 is 0 Å². The largest absolute Gasteiger partial charge is 0.516 e. The summed E-state index contributed by atoms with van der Waals surface area (Å²) in [5.41, 5.74) is 0. The van der Waals surface area contributed by atoms with Gasteiger partial charge in [0.15, 0.2) is 0 Å². The quantitative estimate of drug-likeness (QED) is 0.503. The summed E-state index contributed by atoms with van der Waals surface area (Å²) in [6.07, 6.45) is 2.47. The minimum absolute atomic E-state index is 0.0741. The molecule has 0 aliphatic rings. The van der Waals surface area contributed by atoms with Crippen molar-refractivity contribution in [2.75, 3.05) is 6.61 Å². The molecule has 2 heteroatoms. The molecule has 0 heterocycles. The molecule has 0 aliphatic heterocycles. The maximum absolute atomic E-state index is 8.30. The van der Waals surface area contributed by atoms with Gasteiger partial charge in [0.25, 0.3) is 0 Å². The molecule has 1 atom stereocenters. The SMILES string of the molecule is CC(/C=C/O)CO. The highest BCUT2D eigenvalue weighted by atomic mass is 16.3. The van der Waals surface area contributed by atoms with Crippen LogP contribution >= 0.6 is 0 Å². The van der Waals surface area contributed by atoms with Crippen LogP contribution in [0, 0.1) is 5.92 Å². The first-order valence-electron chi connectivity index (χ1n) is 2.23. The molecule has 0 amide bonds. The molecule has 0 spiro atoms. The average molecular weight is 102 g/mol. The second-order valence-electron chi connectivity index (χ2n) is 1.50. The zero-order valence-corrected chi connectivity index (χ0v) is 4.33. The van der Waals surface area contributed by atoms with Crippen molar-refractivity contribution in [1.29, 1.82) is 0 Å². The number of aliphatic hydroxyl groups excluding tert-OH is 2. The van der Waals surface area contributed by atoms with Crippen molar-refractivity contribution in [3.05, 3.63) is 12.3 Å². The predicted molar refractivity (Wildman–Crippen MR) is 28.0 cm³/mol. The Kier molecular flexibility index (Phi) is 3.42. The Bertz CT molecular complexity index is 59.1. The molecule has 0 rings (SSSR count). The van der Waals surface area contributed by atoms with Crippen LogP contribution in [0.1, 0.15) is 6.92 Å². The summed E-state index contributed by atoms with van der Waals surface area (Å²) in [5.74, 6) is 0.0741. The summed E-state index contributed by atoms with van der Waals surface area (Å²) < 4.78 is 0. The molecule has 0 saturated carbocycles. The van der Waals surface area contributed by atoms with E-state index in [0.29, 0.717) is 0 Å². The lowest BCUT2D eigenvalue weighted by molar-refractivity contribution is 0.260. The molecule has 0 fully saturated rings. The summed E-state index contributed by atoms with van der Waals surface area (Å²) in [6, 6.07) is 0. The summed E-state index contributed by atoms with van der Waals surface area (Å²) in [5, 5.41) is 16.4. The van der Waals surface area contributed by atoms with Gasteiger partial charge in [0.05, 0.1) is 6.26 Å². The van der Waals surface area contributed by atoms with E-state index in [4.69, 9.17) is 10.2 Å². The van der Waals surface area contributed by atoms with Gasteiger partial charge in [0.1, 0.15) is 0 Å². The Labute approximate surface area is 43.1 Å². The van der Waals surface area contributed by atoms with Gasteiger partial charge in [0.2, 0.25) is 0 Å². The normalized spacial score (nSPS) is 15.1. The maximum atomic E-state index is 8.30. The zero-order valence-electron chi connectivity index (χ0n) is 4.33. The number of hydrogen-bond acceptors (Lipinski definition) is 2. The van der Waals surface area contributed by atoms with Gasteiger partial charge in [-0.05, 0) is 6.08 Å². The van der Waals surface area contributed by atoms with E-state index in [1.807, 2.05) is 6.92 Å². The highest BCUT2D eigenvalue weighted by Gasteiger charge is 1.88. The van der Waals surface area contributed by atoms with Gasteiger partial charge in [0, 0.05) is 12.5 Å². The van der Waals surface area contributed by atoms with Crippen LogP contribution in [0.15, 0.2) is 12.3 Å². The molecule has 0 radical (unpaired) electrons. The van der Waals surface area contributed by atoms with Crippen LogP contribution in [0.3, 0.4) is 0 Å². The topological polar surface area (TPSA) is 40.5 Å². The molecule has 0 aromatic heterocycles. The van der Waals surface area contributed by atoms with Gasteiger partial charge in [-0.15, -0.1) is 0 Å². The van der Waals surface area contributed by atoms with Crippen LogP contribution in [0.2, 0.25) is 0 Å². The fourth-order valence-electron chi connectivity index (χ4n) is 0.208. The lowest BCUT2D eigenvalue weighted by Gasteiger charge is -1.94. The first kappa shape index (κ1) is 6.50. The van der Waals surface area contributed by atoms with E-state index in [9.17, 15) is 0 Å². The van der Waals surface area contributed by atoms with E-state index >= 15 is 0 Å². The molecule has 0 aromatic rings. The van der Waals surface area contributed by atoms with Crippen molar-refractivity contribution in [1.82, 2.24) is 0 Å². The van der Waals surface area contributed by atoms with E-state index in [0.717, 1.165) is 6.26 Å². The van der Waals surface area contributed by atoms with E-state index in [2.05, 4.69) is 0 Å². The van der Waals surface area contributed by atoms with Crippen LogP contribution in [0.25, 0.3) is 0 Å². The smallest absolute Gasteiger partial charge is 0.0755 e. The molecule has 0 saturated heterocycles. The summed E-state index contributed by atoms with van der Waals surface area (Å²) in [7, 11) is 0. The van der Waals surface area contributed by atoms with E-state index < -0.39 is 0 Å². The molecular weight excluding hydrogens is 92.1 g/mol. The second kappa shape index (κ2) is 3.68. The highest BCUT2D eigenvalue weighted by Crippen LogP contribution is 1.91. The summed E-state index contributed by atoms with van der Waals surface area (Å²) in [6.45, 7) is 1.91. The Morgan fingerprint density at radius 1 is 1.71 bits per heavy atom. The average Bonchev–Trinajstić information content (AvgIpc) is 1.68. The van der Waals surface area contributed by atoms with Crippen LogP contribution in [-0.4, -0.2) is 16.8 Å². The van der Waals surface area contributed by atoms with Crippen LogP contribution < -0.4 is 0 Å². The Hall–Kier alpha value is -0.500. The molecule has 0 aromatic carbocycles. The molecular formula is C5H10O2. The van der Waals surface area contributed by atoms with Crippen molar-refractivity contribution >= 4 is 0 Å². The van der Waals surface area contributed by atoms with Crippen molar-refractivity contribution in [2.45, 2.75) is 6.92 Å². The zero-order chi connectivity index (χ0) is 5.70. The molecule has 42 valence electrons. The van der Waals surface area contributed by atoms with Gasteiger partial charge in [-0.1, -0.05) is 6.92 Å². The van der Waals surface area contributed by atoms with Gasteiger partial charge < -0.3 is 10.2 Å². The second-order valence-corrected chi connectivity index (χ2v) is 1.50. The monoisotopic (exact) mass is 102 g/mol. The summed E-state index contributed by atoms with van der Waals surface area (Å²) in [4.78, 5) is 0. The fourth-order valence-corrected chi connectivity index (χ4v) is 0.208. The van der Waals surface area contributed by atoms with Gasteiger partial charge in [-0.25, -0.2) is 0 Å². The Morgan fingerprint density at radius 3 is 2.43 bits per heavy atom. The first-order valence-corrected chi connectivity index (χ1v) is 2.23. The molecule has 1 unspecified atom stereocenters. The van der Waals surface area contributed by atoms with Gasteiger partial charge in [-0.3, -0.25) is 0 Å². The minimum Gasteiger partial charge on any atom is -0.516 e. The summed E-state index contributed by atoms with van der Waals surface area (Å²) >= 11 is 0. The van der Waals surface area contributed by atoms with Crippen molar-refractivity contribution in [3.8, 4) is 0 Å². The van der Waals surface area contributed by atoms with Crippen LogP contribution in [-0.2, 0) is 0 Å². The molecule has 0 aliphatic carbocycles. The Morgan fingerprint density at radius 2 is 2.29 bits per heavy atom.